The molecule has 2 heterocycles. The standard InChI is InChI=1S/C21H21ClN4O/c22-15-7-5-14(6-8-15)18-13-26(25-24-18)19-16-3-1-2-4-17(16)21(20(19)27)9-11-23-12-10-21/h1-8,13,19-20,23,27H,9-12H2/t19-,20+/m1/s1. The summed E-state index contributed by atoms with van der Waals surface area (Å²) in [5.41, 5.74) is 3.94. The molecule has 2 aromatic carbocycles. The number of aliphatic hydroxyl groups excluding tert-OH is 1. The quantitative estimate of drug-likeness (QED) is 0.716. The van der Waals surface area contributed by atoms with Crippen LogP contribution < -0.4 is 5.32 Å². The Morgan fingerprint density at radius 3 is 2.59 bits per heavy atom. The van der Waals surface area contributed by atoms with Crippen molar-refractivity contribution in [2.45, 2.75) is 30.4 Å². The number of benzene rings is 2. The predicted octanol–water partition coefficient (Wildman–Crippen LogP) is 3.18. The molecule has 2 N–H and O–H groups in total. The van der Waals surface area contributed by atoms with Crippen molar-refractivity contribution in [3.63, 3.8) is 0 Å². The van der Waals surface area contributed by atoms with Crippen molar-refractivity contribution in [3.05, 3.63) is 70.9 Å². The highest BCUT2D eigenvalue weighted by Crippen LogP contribution is 2.51. The zero-order valence-corrected chi connectivity index (χ0v) is 15.6. The van der Waals surface area contributed by atoms with Crippen molar-refractivity contribution in [1.29, 1.82) is 0 Å². The minimum absolute atomic E-state index is 0.209. The Bertz CT molecular complexity index is 962. The third-order valence-corrected chi connectivity index (χ3v) is 6.36. The van der Waals surface area contributed by atoms with Gasteiger partial charge in [0.25, 0.3) is 0 Å². The molecule has 1 aromatic heterocycles. The van der Waals surface area contributed by atoms with Gasteiger partial charge in [-0.1, -0.05) is 53.2 Å². The Kier molecular flexibility index (Phi) is 4.04. The number of halogens is 1. The Balaban J connectivity index is 1.56. The summed E-state index contributed by atoms with van der Waals surface area (Å²) in [7, 11) is 0. The van der Waals surface area contributed by atoms with E-state index < -0.39 is 6.10 Å². The molecule has 1 spiro atoms. The first-order valence-electron chi connectivity index (χ1n) is 9.35. The van der Waals surface area contributed by atoms with E-state index in [2.05, 4.69) is 33.8 Å². The van der Waals surface area contributed by atoms with Gasteiger partial charge in [0, 0.05) is 16.0 Å². The van der Waals surface area contributed by atoms with Crippen LogP contribution in [0.4, 0.5) is 0 Å². The van der Waals surface area contributed by atoms with Crippen LogP contribution in [0.3, 0.4) is 0 Å². The van der Waals surface area contributed by atoms with Gasteiger partial charge in [0.1, 0.15) is 11.7 Å². The molecule has 0 unspecified atom stereocenters. The number of hydrogen-bond donors (Lipinski definition) is 2. The normalized spacial score (nSPS) is 23.5. The summed E-state index contributed by atoms with van der Waals surface area (Å²) in [6, 6.07) is 15.7. The molecule has 5 rings (SSSR count). The van der Waals surface area contributed by atoms with E-state index in [0.717, 1.165) is 42.8 Å². The molecular weight excluding hydrogens is 360 g/mol. The Hall–Kier alpha value is -2.21. The second kappa shape index (κ2) is 6.44. The highest BCUT2D eigenvalue weighted by Gasteiger charge is 2.52. The third-order valence-electron chi connectivity index (χ3n) is 6.11. The van der Waals surface area contributed by atoms with Gasteiger partial charge >= 0.3 is 0 Å². The van der Waals surface area contributed by atoms with Crippen LogP contribution in [0.25, 0.3) is 11.3 Å². The van der Waals surface area contributed by atoms with Crippen LogP contribution >= 0.6 is 11.6 Å². The van der Waals surface area contributed by atoms with E-state index in [1.807, 2.05) is 41.2 Å². The molecule has 27 heavy (non-hydrogen) atoms. The molecule has 0 amide bonds. The van der Waals surface area contributed by atoms with Gasteiger partial charge in [-0.05, 0) is 49.2 Å². The molecule has 2 aliphatic rings. The number of rotatable bonds is 2. The lowest BCUT2D eigenvalue weighted by Gasteiger charge is -2.38. The first-order chi connectivity index (χ1) is 13.2. The highest BCUT2D eigenvalue weighted by molar-refractivity contribution is 6.30. The number of nitrogens with zero attached hydrogens (tertiary/aromatic N) is 3. The number of aromatic nitrogens is 3. The van der Waals surface area contributed by atoms with Gasteiger partial charge in [-0.2, -0.15) is 0 Å². The summed E-state index contributed by atoms with van der Waals surface area (Å²) in [4.78, 5) is 0. The molecule has 0 saturated carbocycles. The van der Waals surface area contributed by atoms with Crippen LogP contribution in [0.1, 0.15) is 30.0 Å². The van der Waals surface area contributed by atoms with E-state index in [1.54, 1.807) is 0 Å². The average molecular weight is 381 g/mol. The molecule has 1 aliphatic heterocycles. The fraction of sp³-hybridized carbons (Fsp3) is 0.333. The molecule has 1 saturated heterocycles. The van der Waals surface area contributed by atoms with Crippen molar-refractivity contribution in [2.75, 3.05) is 13.1 Å². The molecule has 1 aliphatic carbocycles. The predicted molar refractivity (Wildman–Crippen MR) is 105 cm³/mol. The van der Waals surface area contributed by atoms with Gasteiger partial charge in [0.15, 0.2) is 0 Å². The molecule has 138 valence electrons. The van der Waals surface area contributed by atoms with Crippen molar-refractivity contribution in [1.82, 2.24) is 20.3 Å². The van der Waals surface area contributed by atoms with Crippen molar-refractivity contribution >= 4 is 11.6 Å². The SMILES string of the molecule is O[C@H]1[C@H](n2cc(-c3ccc(Cl)cc3)nn2)c2ccccc2C12CCNCC2. The second-order valence-electron chi connectivity index (χ2n) is 7.47. The third kappa shape index (κ3) is 2.61. The number of nitrogens with one attached hydrogen (secondary N) is 1. The van der Waals surface area contributed by atoms with E-state index >= 15 is 0 Å². The minimum Gasteiger partial charge on any atom is -0.390 e. The van der Waals surface area contributed by atoms with Gasteiger partial charge < -0.3 is 10.4 Å². The Morgan fingerprint density at radius 2 is 1.81 bits per heavy atom. The van der Waals surface area contributed by atoms with Crippen LogP contribution in [-0.2, 0) is 5.41 Å². The maximum atomic E-state index is 11.4. The minimum atomic E-state index is -0.517. The lowest BCUT2D eigenvalue weighted by Crippen LogP contribution is -2.47. The molecule has 3 aromatic rings. The van der Waals surface area contributed by atoms with Gasteiger partial charge in [-0.3, -0.25) is 0 Å². The van der Waals surface area contributed by atoms with E-state index in [1.165, 1.54) is 5.56 Å². The summed E-state index contributed by atoms with van der Waals surface area (Å²) in [6.07, 6.45) is 3.27. The number of fused-ring (bicyclic) bond motifs is 2. The maximum absolute atomic E-state index is 11.4. The highest BCUT2D eigenvalue weighted by atomic mass is 35.5. The van der Waals surface area contributed by atoms with Crippen molar-refractivity contribution < 1.29 is 5.11 Å². The van der Waals surface area contributed by atoms with Crippen LogP contribution in [0.2, 0.25) is 5.02 Å². The number of piperidine rings is 1. The lowest BCUT2D eigenvalue weighted by atomic mass is 9.72. The van der Waals surface area contributed by atoms with Crippen LogP contribution in [0.15, 0.2) is 54.7 Å². The topological polar surface area (TPSA) is 63.0 Å². The fourth-order valence-corrected chi connectivity index (χ4v) is 4.86. The summed E-state index contributed by atoms with van der Waals surface area (Å²) in [5.74, 6) is 0. The van der Waals surface area contributed by atoms with Crippen LogP contribution in [0, 0.1) is 0 Å². The van der Waals surface area contributed by atoms with E-state index in [0.29, 0.717) is 5.02 Å². The smallest absolute Gasteiger partial charge is 0.113 e. The number of aliphatic hydroxyl groups is 1. The molecular formula is C21H21ClN4O. The summed E-state index contributed by atoms with van der Waals surface area (Å²) in [6.45, 7) is 1.84. The van der Waals surface area contributed by atoms with Crippen molar-refractivity contribution in [2.24, 2.45) is 0 Å². The lowest BCUT2D eigenvalue weighted by molar-refractivity contribution is 0.0421. The molecule has 2 atom stereocenters. The monoisotopic (exact) mass is 380 g/mol. The van der Waals surface area contributed by atoms with Gasteiger partial charge in [-0.25, -0.2) is 4.68 Å². The average Bonchev–Trinajstić information content (AvgIpc) is 3.26. The second-order valence-corrected chi connectivity index (χ2v) is 7.91. The van der Waals surface area contributed by atoms with E-state index in [-0.39, 0.29) is 11.5 Å². The van der Waals surface area contributed by atoms with Gasteiger partial charge in [0.05, 0.1) is 12.3 Å². The Morgan fingerprint density at radius 1 is 1.07 bits per heavy atom. The van der Waals surface area contributed by atoms with Gasteiger partial charge in [-0.15, -0.1) is 5.10 Å². The van der Waals surface area contributed by atoms with Crippen molar-refractivity contribution in [3.8, 4) is 11.3 Å². The van der Waals surface area contributed by atoms with E-state index in [9.17, 15) is 5.11 Å². The molecule has 6 heteroatoms. The van der Waals surface area contributed by atoms with E-state index in [4.69, 9.17) is 11.6 Å². The molecule has 5 nitrogen and oxygen atoms in total. The van der Waals surface area contributed by atoms with Gasteiger partial charge in [0.2, 0.25) is 0 Å². The first kappa shape index (κ1) is 16.9. The first-order valence-corrected chi connectivity index (χ1v) is 9.73. The largest absolute Gasteiger partial charge is 0.390 e. The number of hydrogen-bond acceptors (Lipinski definition) is 4. The zero-order valence-electron chi connectivity index (χ0n) is 14.8. The summed E-state index contributed by atoms with van der Waals surface area (Å²) in [5, 5.41) is 24.3. The molecule has 0 bridgehead atoms. The van der Waals surface area contributed by atoms with Crippen LogP contribution in [-0.4, -0.2) is 39.3 Å². The maximum Gasteiger partial charge on any atom is 0.113 e. The zero-order chi connectivity index (χ0) is 18.4. The fourth-order valence-electron chi connectivity index (χ4n) is 4.73. The summed E-state index contributed by atoms with van der Waals surface area (Å²) < 4.78 is 1.82. The Labute approximate surface area is 163 Å². The molecule has 1 fully saturated rings. The molecule has 0 radical (unpaired) electrons. The van der Waals surface area contributed by atoms with Crippen LogP contribution in [0.5, 0.6) is 0 Å². The summed E-state index contributed by atoms with van der Waals surface area (Å²) >= 11 is 5.99.